The number of carbonyl (C=O) groups excluding carboxylic acids is 1. The first kappa shape index (κ1) is 16.6. The number of benzene rings is 2. The van der Waals surface area contributed by atoms with Crippen molar-refractivity contribution >= 4 is 11.7 Å². The second-order valence-electron chi connectivity index (χ2n) is 5.73. The summed E-state index contributed by atoms with van der Waals surface area (Å²) in [5, 5.41) is 16.8. The molecular weight excluding hydrogens is 316 g/mol. The molecule has 128 valence electrons. The second-order valence-corrected chi connectivity index (χ2v) is 5.73. The molecule has 2 amide bonds. The molecule has 0 bridgehead atoms. The molecule has 7 heteroatoms. The third-order valence-corrected chi connectivity index (χ3v) is 3.97. The lowest BCUT2D eigenvalue weighted by atomic mass is 10.1. The molecule has 0 aliphatic carbocycles. The van der Waals surface area contributed by atoms with Crippen LogP contribution in [0.25, 0.3) is 5.69 Å². The monoisotopic (exact) mass is 336 g/mol. The number of anilines is 1. The van der Waals surface area contributed by atoms with Gasteiger partial charge in [0.25, 0.3) is 0 Å². The molecule has 0 aliphatic rings. The van der Waals surface area contributed by atoms with E-state index in [0.717, 1.165) is 23.2 Å². The van der Waals surface area contributed by atoms with Gasteiger partial charge in [-0.2, -0.15) is 0 Å². The van der Waals surface area contributed by atoms with Crippen molar-refractivity contribution in [2.24, 2.45) is 0 Å². The standard InChI is InChI=1S/C18H20N6O/c1-3-14-5-7-15(8-6-14)11-19-18(25)21-17-10-16(9-4-13(17)2)24-12-20-22-23-24/h4-10,12H,3,11H2,1-2H3,(H2,19,21,25). The highest BCUT2D eigenvalue weighted by molar-refractivity contribution is 5.90. The lowest BCUT2D eigenvalue weighted by molar-refractivity contribution is 0.251. The Hall–Kier alpha value is -3.22. The van der Waals surface area contributed by atoms with Crippen LogP contribution < -0.4 is 10.6 Å². The van der Waals surface area contributed by atoms with Crippen molar-refractivity contribution in [3.05, 3.63) is 65.5 Å². The Morgan fingerprint density at radius 2 is 1.88 bits per heavy atom. The van der Waals surface area contributed by atoms with E-state index in [1.807, 2.05) is 37.3 Å². The summed E-state index contributed by atoms with van der Waals surface area (Å²) in [6.45, 7) is 4.52. The molecule has 0 aliphatic heterocycles. The van der Waals surface area contributed by atoms with Crippen LogP contribution in [0, 0.1) is 6.92 Å². The molecule has 3 aromatic rings. The van der Waals surface area contributed by atoms with Gasteiger partial charge in [0.15, 0.2) is 0 Å². The Bertz CT molecular complexity index is 843. The fourth-order valence-corrected chi connectivity index (χ4v) is 2.41. The molecule has 1 heterocycles. The van der Waals surface area contributed by atoms with Gasteiger partial charge in [-0.15, -0.1) is 5.10 Å². The van der Waals surface area contributed by atoms with Crippen LogP contribution in [0.15, 0.2) is 48.8 Å². The maximum atomic E-state index is 12.2. The number of nitrogens with one attached hydrogen (secondary N) is 2. The van der Waals surface area contributed by atoms with Crippen molar-refractivity contribution < 1.29 is 4.79 Å². The van der Waals surface area contributed by atoms with Gasteiger partial charge >= 0.3 is 6.03 Å². The van der Waals surface area contributed by atoms with Crippen molar-refractivity contribution in [1.82, 2.24) is 25.5 Å². The predicted octanol–water partition coefficient (Wildman–Crippen LogP) is 2.85. The number of rotatable bonds is 5. The number of hydrogen-bond donors (Lipinski definition) is 2. The van der Waals surface area contributed by atoms with Crippen LogP contribution in [0.1, 0.15) is 23.6 Å². The first-order valence-corrected chi connectivity index (χ1v) is 8.12. The molecule has 1 aromatic heterocycles. The molecule has 2 N–H and O–H groups in total. The zero-order chi connectivity index (χ0) is 17.6. The van der Waals surface area contributed by atoms with Gasteiger partial charge in [-0.05, 0) is 52.6 Å². The van der Waals surface area contributed by atoms with Crippen LogP contribution in [0.2, 0.25) is 0 Å². The van der Waals surface area contributed by atoms with E-state index in [0.29, 0.717) is 12.2 Å². The molecule has 0 radical (unpaired) electrons. The summed E-state index contributed by atoms with van der Waals surface area (Å²) < 4.78 is 1.54. The summed E-state index contributed by atoms with van der Waals surface area (Å²) in [4.78, 5) is 12.2. The van der Waals surface area contributed by atoms with E-state index in [4.69, 9.17) is 0 Å². The van der Waals surface area contributed by atoms with Gasteiger partial charge in [0.05, 0.1) is 5.69 Å². The van der Waals surface area contributed by atoms with Crippen molar-refractivity contribution in [2.75, 3.05) is 5.32 Å². The van der Waals surface area contributed by atoms with E-state index in [-0.39, 0.29) is 6.03 Å². The van der Waals surface area contributed by atoms with Gasteiger partial charge < -0.3 is 10.6 Å². The topological polar surface area (TPSA) is 84.7 Å². The molecule has 0 atom stereocenters. The van der Waals surface area contributed by atoms with Gasteiger partial charge in [-0.1, -0.05) is 37.3 Å². The summed E-state index contributed by atoms with van der Waals surface area (Å²) >= 11 is 0. The number of nitrogens with zero attached hydrogens (tertiary/aromatic N) is 4. The third-order valence-electron chi connectivity index (χ3n) is 3.97. The van der Waals surface area contributed by atoms with Crippen LogP contribution in [0.5, 0.6) is 0 Å². The minimum Gasteiger partial charge on any atom is -0.334 e. The minimum atomic E-state index is -0.253. The van der Waals surface area contributed by atoms with Crippen molar-refractivity contribution in [3.8, 4) is 5.69 Å². The Balaban J connectivity index is 1.63. The fourth-order valence-electron chi connectivity index (χ4n) is 2.41. The number of urea groups is 1. The van der Waals surface area contributed by atoms with Gasteiger partial charge in [-0.3, -0.25) is 0 Å². The number of carbonyl (C=O) groups is 1. The third kappa shape index (κ3) is 4.20. The number of amides is 2. The summed E-state index contributed by atoms with van der Waals surface area (Å²) in [6, 6.07) is 13.6. The number of tetrazole rings is 1. The SMILES string of the molecule is CCc1ccc(CNC(=O)Nc2cc(-n3cnnn3)ccc2C)cc1. The Kier molecular flexibility index (Phi) is 5.03. The lowest BCUT2D eigenvalue weighted by Gasteiger charge is -2.11. The van der Waals surface area contributed by atoms with Crippen LogP contribution in [-0.2, 0) is 13.0 Å². The Morgan fingerprint density at radius 1 is 1.12 bits per heavy atom. The quantitative estimate of drug-likeness (QED) is 0.750. The summed E-state index contributed by atoms with van der Waals surface area (Å²) in [5.41, 5.74) is 4.79. The molecule has 0 saturated carbocycles. The van der Waals surface area contributed by atoms with Crippen molar-refractivity contribution in [1.29, 1.82) is 0 Å². The van der Waals surface area contributed by atoms with Crippen LogP contribution >= 0.6 is 0 Å². The zero-order valence-corrected chi connectivity index (χ0v) is 14.2. The zero-order valence-electron chi connectivity index (χ0n) is 14.2. The summed E-state index contributed by atoms with van der Waals surface area (Å²) in [6.07, 6.45) is 2.51. The lowest BCUT2D eigenvalue weighted by Crippen LogP contribution is -2.28. The largest absolute Gasteiger partial charge is 0.334 e. The first-order valence-electron chi connectivity index (χ1n) is 8.12. The van der Waals surface area contributed by atoms with Gasteiger partial charge in [0.2, 0.25) is 0 Å². The summed E-state index contributed by atoms with van der Waals surface area (Å²) in [7, 11) is 0. The average molecular weight is 336 g/mol. The van der Waals surface area contributed by atoms with E-state index >= 15 is 0 Å². The van der Waals surface area contributed by atoms with Gasteiger partial charge in [0.1, 0.15) is 6.33 Å². The Morgan fingerprint density at radius 3 is 2.56 bits per heavy atom. The maximum absolute atomic E-state index is 12.2. The van der Waals surface area contributed by atoms with E-state index in [2.05, 4.69) is 45.2 Å². The van der Waals surface area contributed by atoms with E-state index in [9.17, 15) is 4.79 Å². The van der Waals surface area contributed by atoms with Crippen LogP contribution in [0.4, 0.5) is 10.5 Å². The van der Waals surface area contributed by atoms with Crippen molar-refractivity contribution in [3.63, 3.8) is 0 Å². The fraction of sp³-hybridized carbons (Fsp3) is 0.222. The molecule has 0 unspecified atom stereocenters. The van der Waals surface area contributed by atoms with E-state index < -0.39 is 0 Å². The van der Waals surface area contributed by atoms with E-state index in [1.165, 1.54) is 16.6 Å². The average Bonchev–Trinajstić information content (AvgIpc) is 3.17. The molecule has 3 rings (SSSR count). The van der Waals surface area contributed by atoms with Gasteiger partial charge in [0, 0.05) is 12.2 Å². The Labute approximate surface area is 146 Å². The van der Waals surface area contributed by atoms with Gasteiger partial charge in [-0.25, -0.2) is 9.48 Å². The molecular formula is C18H20N6O. The molecule has 7 nitrogen and oxygen atoms in total. The molecule has 0 spiro atoms. The highest BCUT2D eigenvalue weighted by atomic mass is 16.2. The first-order chi connectivity index (χ1) is 12.2. The molecule has 0 fully saturated rings. The van der Waals surface area contributed by atoms with Crippen LogP contribution in [0.3, 0.4) is 0 Å². The number of aromatic nitrogens is 4. The molecule has 2 aromatic carbocycles. The normalized spacial score (nSPS) is 10.5. The summed E-state index contributed by atoms with van der Waals surface area (Å²) in [5.74, 6) is 0. The number of aryl methyl sites for hydroxylation is 2. The highest BCUT2D eigenvalue weighted by Gasteiger charge is 2.07. The highest BCUT2D eigenvalue weighted by Crippen LogP contribution is 2.18. The molecule has 0 saturated heterocycles. The second kappa shape index (κ2) is 7.57. The van der Waals surface area contributed by atoms with Crippen LogP contribution in [-0.4, -0.2) is 26.2 Å². The van der Waals surface area contributed by atoms with E-state index in [1.54, 1.807) is 0 Å². The predicted molar refractivity (Wildman–Crippen MR) is 95.6 cm³/mol. The maximum Gasteiger partial charge on any atom is 0.319 e. The smallest absolute Gasteiger partial charge is 0.319 e. The van der Waals surface area contributed by atoms with Crippen molar-refractivity contribution in [2.45, 2.75) is 26.8 Å². The molecule has 25 heavy (non-hydrogen) atoms. The number of hydrogen-bond acceptors (Lipinski definition) is 4. The minimum absolute atomic E-state index is 0.253.